The van der Waals surface area contributed by atoms with Crippen molar-refractivity contribution < 1.29 is 32.8 Å². The number of amides is 1. The van der Waals surface area contributed by atoms with Gasteiger partial charge in [0.25, 0.3) is 5.91 Å². The van der Waals surface area contributed by atoms with E-state index in [2.05, 4.69) is 4.98 Å². The molecule has 1 atom stereocenters. The van der Waals surface area contributed by atoms with Crippen molar-refractivity contribution in [1.82, 2.24) is 14.5 Å². The number of nitrogens with zero attached hydrogens (tertiary/aromatic N) is 3. The van der Waals surface area contributed by atoms with Gasteiger partial charge in [0, 0.05) is 33.5 Å². The molecule has 0 N–H and O–H groups in total. The average molecular weight is 431 g/mol. The maximum absolute atomic E-state index is 14.1. The number of halogens is 2. The number of rotatable bonds is 3. The fraction of sp³-hybridized carbons (Fsp3) is 0.312. The van der Waals surface area contributed by atoms with Crippen LogP contribution in [0.3, 0.4) is 0 Å². The molecule has 0 bridgehead atoms. The number of imidazole rings is 1. The fourth-order valence-corrected chi connectivity index (χ4v) is 3.95. The first-order valence-corrected chi connectivity index (χ1v) is 8.38. The van der Waals surface area contributed by atoms with E-state index in [4.69, 9.17) is 0 Å². The maximum Gasteiger partial charge on any atom is 1.00 e. The molecular weight excluding hydrogens is 419 g/mol. The molecular formula is C16H12FILiN3O2. The van der Waals surface area contributed by atoms with Gasteiger partial charge >= 0.3 is 18.9 Å². The summed E-state index contributed by atoms with van der Waals surface area (Å²) < 4.78 is 16.8. The third-order valence-corrected chi connectivity index (χ3v) is 5.08. The minimum absolute atomic E-state index is 0. The van der Waals surface area contributed by atoms with Gasteiger partial charge in [0.2, 0.25) is 0 Å². The first-order valence-electron chi connectivity index (χ1n) is 7.30. The Balaban J connectivity index is 0.00000169. The van der Waals surface area contributed by atoms with Crippen LogP contribution in [0.25, 0.3) is 0 Å². The summed E-state index contributed by atoms with van der Waals surface area (Å²) in [5.74, 6) is -0.756. The molecule has 1 aromatic carbocycles. The van der Waals surface area contributed by atoms with Crippen molar-refractivity contribution in [2.24, 2.45) is 0 Å². The van der Waals surface area contributed by atoms with Gasteiger partial charge in [0.15, 0.2) is 0 Å². The van der Waals surface area contributed by atoms with Crippen LogP contribution >= 0.6 is 22.6 Å². The van der Waals surface area contributed by atoms with Crippen LogP contribution in [0.1, 0.15) is 39.8 Å². The van der Waals surface area contributed by atoms with E-state index in [1.54, 1.807) is 12.4 Å². The molecule has 0 saturated heterocycles. The van der Waals surface area contributed by atoms with E-state index < -0.39 is 11.9 Å². The number of aromatic nitrogens is 2. The molecule has 0 fully saturated rings. The molecule has 2 aliphatic rings. The summed E-state index contributed by atoms with van der Waals surface area (Å²) in [5.41, 5.74) is 2.20. The molecule has 3 heterocycles. The zero-order valence-electron chi connectivity index (χ0n) is 13.1. The average Bonchev–Trinajstić information content (AvgIpc) is 3.18. The topological polar surface area (TPSA) is 55.2 Å². The number of carbonyl (C=O) groups excluding carboxylic acids is 2. The second kappa shape index (κ2) is 6.62. The molecule has 1 amide bonds. The molecule has 1 aromatic heterocycles. The second-order valence-electron chi connectivity index (χ2n) is 5.74. The number of benzene rings is 1. The van der Waals surface area contributed by atoms with Crippen LogP contribution in [-0.2, 0) is 24.3 Å². The smallest absolute Gasteiger partial charge is 0.539 e. The molecule has 1 unspecified atom stereocenters. The molecule has 8 heteroatoms. The molecule has 2 aromatic rings. The predicted molar refractivity (Wildman–Crippen MR) is 88.0 cm³/mol. The molecule has 4 rings (SSSR count). The van der Waals surface area contributed by atoms with E-state index in [9.17, 15) is 14.0 Å². The second-order valence-corrected chi connectivity index (χ2v) is 6.99. The molecule has 0 saturated carbocycles. The van der Waals surface area contributed by atoms with E-state index >= 15 is 0 Å². The zero-order chi connectivity index (χ0) is 16.1. The minimum atomic E-state index is -0.888. The van der Waals surface area contributed by atoms with Gasteiger partial charge in [0.05, 0.1) is 12.0 Å². The van der Waals surface area contributed by atoms with Crippen molar-refractivity contribution in [1.29, 1.82) is 0 Å². The molecule has 118 valence electrons. The van der Waals surface area contributed by atoms with Crippen molar-refractivity contribution in [2.75, 3.05) is 0 Å². The van der Waals surface area contributed by atoms with E-state index in [0.717, 1.165) is 25.1 Å². The van der Waals surface area contributed by atoms with Gasteiger partial charge in [-0.2, -0.15) is 0 Å². The summed E-state index contributed by atoms with van der Waals surface area (Å²) in [4.78, 5) is 29.9. The van der Waals surface area contributed by atoms with Gasteiger partial charge < -0.3 is 14.3 Å². The van der Waals surface area contributed by atoms with Crippen molar-refractivity contribution in [3.05, 3.63) is 50.4 Å². The van der Waals surface area contributed by atoms with Crippen LogP contribution in [0.2, 0.25) is 0 Å². The quantitative estimate of drug-likeness (QED) is 0.370. The summed E-state index contributed by atoms with van der Waals surface area (Å²) >= 11 is 1.97. The van der Waals surface area contributed by atoms with Gasteiger partial charge in [0.1, 0.15) is 5.82 Å². The number of hydrogen-bond donors (Lipinski definition) is 0. The zero-order valence-corrected chi connectivity index (χ0v) is 15.2. The first kappa shape index (κ1) is 17.6. The van der Waals surface area contributed by atoms with Crippen molar-refractivity contribution in [2.45, 2.75) is 32.0 Å². The van der Waals surface area contributed by atoms with Crippen molar-refractivity contribution in [3.63, 3.8) is 0 Å². The Morgan fingerprint density at radius 3 is 2.92 bits per heavy atom. The number of carbonyl (C=O) groups is 1. The Labute approximate surface area is 163 Å². The molecule has 24 heavy (non-hydrogen) atoms. The maximum atomic E-state index is 14.1. The van der Waals surface area contributed by atoms with Crippen LogP contribution in [0.15, 0.2) is 18.5 Å². The third-order valence-electron chi connectivity index (χ3n) is 4.45. The van der Waals surface area contributed by atoms with Gasteiger partial charge in [-0.25, -0.2) is 15.7 Å². The Bertz CT molecular complexity index is 839. The van der Waals surface area contributed by atoms with Gasteiger partial charge in [-0.15, -0.1) is 0 Å². The summed E-state index contributed by atoms with van der Waals surface area (Å²) in [6, 6.07) is 2.16. The van der Waals surface area contributed by atoms with Crippen LogP contribution in [0, 0.1) is 9.39 Å². The monoisotopic (exact) mass is 431 g/mol. The van der Waals surface area contributed by atoms with Crippen LogP contribution < -0.4 is 18.9 Å². The standard InChI is InChI=1S/C16H12FIN3O2.Li/c17-12-5-9(18)4-10-11(12)6-21(16(10)23)14(7-22)15-13-2-1-3-20(13)8-19-15;/h4-5,8,14H,1-3,6H2;/q-1;+1. The van der Waals surface area contributed by atoms with Gasteiger partial charge in [-0.05, 0) is 53.6 Å². The largest absolute Gasteiger partial charge is 1.00 e. The van der Waals surface area contributed by atoms with Gasteiger partial charge in [-0.1, -0.05) is 0 Å². The first-order chi connectivity index (χ1) is 11.1. The number of hydrogen-bond acceptors (Lipinski definition) is 3. The summed E-state index contributed by atoms with van der Waals surface area (Å²) in [6.45, 7) is 0.942. The van der Waals surface area contributed by atoms with Crippen molar-refractivity contribution in [3.8, 4) is 0 Å². The molecule has 0 aliphatic carbocycles. The normalized spacial score (nSPS) is 16.6. The van der Waals surface area contributed by atoms with Crippen LogP contribution in [0.4, 0.5) is 4.39 Å². The van der Waals surface area contributed by atoms with E-state index in [-0.39, 0.29) is 31.3 Å². The Hall–Kier alpha value is -1.17. The Kier molecular flexibility index (Phi) is 4.86. The summed E-state index contributed by atoms with van der Waals surface area (Å²) in [6.07, 6.45) is 5.45. The third kappa shape index (κ3) is 2.63. The van der Waals surface area contributed by atoms with E-state index in [1.807, 2.05) is 33.4 Å². The SMILES string of the molecule is O=[C-]C(c1ncn2c1CCC2)N1Cc2c(F)cc(I)cc2C1=O.[Li+]. The fourth-order valence-electron chi connectivity index (χ4n) is 3.36. The number of aryl methyl sites for hydroxylation is 1. The minimum Gasteiger partial charge on any atom is -0.539 e. The summed E-state index contributed by atoms with van der Waals surface area (Å²) in [5, 5.41) is 0. The summed E-state index contributed by atoms with van der Waals surface area (Å²) in [7, 11) is 0. The predicted octanol–water partition coefficient (Wildman–Crippen LogP) is -0.616. The molecule has 0 spiro atoms. The Morgan fingerprint density at radius 2 is 2.17 bits per heavy atom. The van der Waals surface area contributed by atoms with E-state index in [1.165, 1.54) is 11.0 Å². The van der Waals surface area contributed by atoms with Crippen LogP contribution in [0.5, 0.6) is 0 Å². The molecule has 0 radical (unpaired) electrons. The molecule has 2 aliphatic heterocycles. The van der Waals surface area contributed by atoms with Crippen LogP contribution in [-0.4, -0.2) is 26.6 Å². The van der Waals surface area contributed by atoms with Gasteiger partial charge in [-0.3, -0.25) is 4.79 Å². The van der Waals surface area contributed by atoms with Crippen molar-refractivity contribution >= 4 is 34.8 Å². The number of fused-ring (bicyclic) bond motifs is 2. The van der Waals surface area contributed by atoms with E-state index in [0.29, 0.717) is 20.4 Å². The Morgan fingerprint density at radius 1 is 1.38 bits per heavy atom. The molecule has 5 nitrogen and oxygen atoms in total.